The van der Waals surface area contributed by atoms with Gasteiger partial charge in [-0.15, -0.1) is 0 Å². The summed E-state index contributed by atoms with van der Waals surface area (Å²) in [5.41, 5.74) is 0.911. The van der Waals surface area contributed by atoms with E-state index in [9.17, 15) is 19.7 Å². The SMILES string of the molecule is CNC(=O)NC(=O)[C@H](Nc1cccc([N+](=O)[O-])c1)c1ccccc1. The number of rotatable bonds is 5. The van der Waals surface area contributed by atoms with Crippen molar-refractivity contribution in [2.24, 2.45) is 0 Å². The Labute approximate surface area is 138 Å². The maximum absolute atomic E-state index is 12.4. The number of nitrogens with one attached hydrogen (secondary N) is 3. The summed E-state index contributed by atoms with van der Waals surface area (Å²) >= 11 is 0. The lowest BCUT2D eigenvalue weighted by Crippen LogP contribution is -2.42. The molecule has 3 N–H and O–H groups in total. The molecule has 0 aromatic heterocycles. The van der Waals surface area contributed by atoms with Crippen LogP contribution in [0.15, 0.2) is 54.6 Å². The predicted molar refractivity (Wildman–Crippen MR) is 88.5 cm³/mol. The van der Waals surface area contributed by atoms with Crippen molar-refractivity contribution in [3.63, 3.8) is 0 Å². The molecule has 2 aromatic carbocycles. The quantitative estimate of drug-likeness (QED) is 0.575. The Kier molecular flexibility index (Phi) is 5.45. The zero-order valence-electron chi connectivity index (χ0n) is 12.9. The summed E-state index contributed by atoms with van der Waals surface area (Å²) in [6, 6.07) is 13.0. The first kappa shape index (κ1) is 16.9. The standard InChI is InChI=1S/C16H16N4O4/c1-17-16(22)19-15(21)14(11-6-3-2-4-7-11)18-12-8-5-9-13(10-12)20(23)24/h2-10,14,18H,1H3,(H2,17,19,21,22)/t14-/m1/s1. The fraction of sp³-hybridized carbons (Fsp3) is 0.125. The van der Waals surface area contributed by atoms with Gasteiger partial charge in [0.25, 0.3) is 11.6 Å². The van der Waals surface area contributed by atoms with Gasteiger partial charge in [-0.25, -0.2) is 4.79 Å². The third-order valence-electron chi connectivity index (χ3n) is 3.23. The minimum atomic E-state index is -0.884. The molecule has 8 heteroatoms. The van der Waals surface area contributed by atoms with Crippen LogP contribution in [-0.4, -0.2) is 23.9 Å². The molecule has 0 aliphatic carbocycles. The maximum Gasteiger partial charge on any atom is 0.321 e. The predicted octanol–water partition coefficient (Wildman–Crippen LogP) is 2.20. The number of nitro groups is 1. The number of hydrogen-bond acceptors (Lipinski definition) is 5. The molecule has 0 unspecified atom stereocenters. The van der Waals surface area contributed by atoms with Crippen LogP contribution >= 0.6 is 0 Å². The molecule has 1 atom stereocenters. The monoisotopic (exact) mass is 328 g/mol. The van der Waals surface area contributed by atoms with Gasteiger partial charge < -0.3 is 10.6 Å². The number of nitrogens with zero attached hydrogens (tertiary/aromatic N) is 1. The minimum absolute atomic E-state index is 0.0986. The molecule has 0 heterocycles. The van der Waals surface area contributed by atoms with Gasteiger partial charge in [0.15, 0.2) is 0 Å². The summed E-state index contributed by atoms with van der Waals surface area (Å²) in [5, 5.41) is 18.3. The number of urea groups is 1. The number of nitro benzene ring substituents is 1. The van der Waals surface area contributed by atoms with Crippen LogP contribution in [0.1, 0.15) is 11.6 Å². The molecule has 124 valence electrons. The van der Waals surface area contributed by atoms with Crippen LogP contribution in [-0.2, 0) is 4.79 Å². The Balaban J connectivity index is 2.29. The van der Waals surface area contributed by atoms with Crippen LogP contribution in [0.2, 0.25) is 0 Å². The lowest BCUT2D eigenvalue weighted by atomic mass is 10.1. The summed E-state index contributed by atoms with van der Waals surface area (Å²) in [6.07, 6.45) is 0. The molecule has 2 rings (SSSR count). The Morgan fingerprint density at radius 1 is 1.08 bits per heavy atom. The van der Waals surface area contributed by atoms with Crippen molar-refractivity contribution in [3.05, 3.63) is 70.3 Å². The van der Waals surface area contributed by atoms with E-state index in [1.807, 2.05) is 0 Å². The summed E-state index contributed by atoms with van der Waals surface area (Å²) in [6.45, 7) is 0. The van der Waals surface area contributed by atoms with Gasteiger partial charge in [0, 0.05) is 24.9 Å². The molecule has 24 heavy (non-hydrogen) atoms. The molecular formula is C16H16N4O4. The summed E-state index contributed by atoms with van der Waals surface area (Å²) < 4.78 is 0. The van der Waals surface area contributed by atoms with E-state index in [-0.39, 0.29) is 5.69 Å². The van der Waals surface area contributed by atoms with E-state index < -0.39 is 22.9 Å². The second kappa shape index (κ2) is 7.73. The van der Waals surface area contributed by atoms with Gasteiger partial charge in [-0.2, -0.15) is 0 Å². The summed E-state index contributed by atoms with van der Waals surface area (Å²) in [7, 11) is 1.40. The van der Waals surface area contributed by atoms with Gasteiger partial charge in [-0.3, -0.25) is 20.2 Å². The third-order valence-corrected chi connectivity index (χ3v) is 3.23. The van der Waals surface area contributed by atoms with Crippen molar-refractivity contribution in [2.75, 3.05) is 12.4 Å². The van der Waals surface area contributed by atoms with Crippen LogP contribution in [0, 0.1) is 10.1 Å². The van der Waals surface area contributed by atoms with Crippen molar-refractivity contribution < 1.29 is 14.5 Å². The van der Waals surface area contributed by atoms with E-state index in [1.54, 1.807) is 36.4 Å². The van der Waals surface area contributed by atoms with Gasteiger partial charge in [-0.1, -0.05) is 36.4 Å². The Morgan fingerprint density at radius 3 is 2.42 bits per heavy atom. The maximum atomic E-state index is 12.4. The van der Waals surface area contributed by atoms with Crippen molar-refractivity contribution in [1.29, 1.82) is 0 Å². The van der Waals surface area contributed by atoms with Crippen molar-refractivity contribution in [3.8, 4) is 0 Å². The number of carbonyl (C=O) groups excluding carboxylic acids is 2. The number of benzene rings is 2. The van der Waals surface area contributed by atoms with E-state index in [4.69, 9.17) is 0 Å². The largest absolute Gasteiger partial charge is 0.370 e. The first-order valence-electron chi connectivity index (χ1n) is 7.10. The van der Waals surface area contributed by atoms with Crippen LogP contribution in [0.3, 0.4) is 0 Å². The molecule has 8 nitrogen and oxygen atoms in total. The second-order valence-electron chi connectivity index (χ2n) is 4.86. The lowest BCUT2D eigenvalue weighted by Gasteiger charge is -2.19. The Bertz CT molecular complexity index is 749. The number of imide groups is 1. The highest BCUT2D eigenvalue weighted by Crippen LogP contribution is 2.23. The number of amides is 3. The normalized spacial score (nSPS) is 11.2. The molecule has 0 aliphatic rings. The fourth-order valence-corrected chi connectivity index (χ4v) is 2.07. The molecule has 0 fully saturated rings. The van der Waals surface area contributed by atoms with Gasteiger partial charge in [0.05, 0.1) is 4.92 Å². The Morgan fingerprint density at radius 2 is 1.79 bits per heavy atom. The molecule has 0 saturated heterocycles. The first-order chi connectivity index (χ1) is 11.5. The summed E-state index contributed by atoms with van der Waals surface area (Å²) in [4.78, 5) is 34.1. The highest BCUT2D eigenvalue weighted by atomic mass is 16.6. The molecule has 0 saturated carbocycles. The molecule has 0 aliphatic heterocycles. The summed E-state index contributed by atoms with van der Waals surface area (Å²) in [5.74, 6) is -0.577. The number of anilines is 1. The zero-order valence-corrected chi connectivity index (χ0v) is 12.9. The van der Waals surface area contributed by atoms with Crippen LogP contribution < -0.4 is 16.0 Å². The number of non-ortho nitro benzene ring substituents is 1. The van der Waals surface area contributed by atoms with Gasteiger partial charge in [0.2, 0.25) is 0 Å². The third kappa shape index (κ3) is 4.29. The van der Waals surface area contributed by atoms with Crippen molar-refractivity contribution >= 4 is 23.3 Å². The molecular weight excluding hydrogens is 312 g/mol. The van der Waals surface area contributed by atoms with E-state index in [0.29, 0.717) is 11.3 Å². The van der Waals surface area contributed by atoms with Crippen LogP contribution in [0.4, 0.5) is 16.2 Å². The lowest BCUT2D eigenvalue weighted by molar-refractivity contribution is -0.384. The molecule has 2 aromatic rings. The molecule has 0 spiro atoms. The molecule has 3 amide bonds. The van der Waals surface area contributed by atoms with E-state index in [0.717, 1.165) is 0 Å². The topological polar surface area (TPSA) is 113 Å². The average molecular weight is 328 g/mol. The smallest absolute Gasteiger partial charge is 0.321 e. The number of carbonyl (C=O) groups is 2. The van der Waals surface area contributed by atoms with E-state index >= 15 is 0 Å². The van der Waals surface area contributed by atoms with E-state index in [2.05, 4.69) is 16.0 Å². The average Bonchev–Trinajstić information content (AvgIpc) is 2.60. The fourth-order valence-electron chi connectivity index (χ4n) is 2.07. The van der Waals surface area contributed by atoms with Gasteiger partial charge in [-0.05, 0) is 11.6 Å². The highest BCUT2D eigenvalue weighted by molar-refractivity contribution is 5.98. The first-order valence-corrected chi connectivity index (χ1v) is 7.10. The van der Waals surface area contributed by atoms with Gasteiger partial charge >= 0.3 is 6.03 Å². The zero-order chi connectivity index (χ0) is 17.5. The second-order valence-corrected chi connectivity index (χ2v) is 4.86. The van der Waals surface area contributed by atoms with Crippen LogP contribution in [0.25, 0.3) is 0 Å². The molecule has 0 radical (unpaired) electrons. The molecule has 0 bridgehead atoms. The highest BCUT2D eigenvalue weighted by Gasteiger charge is 2.22. The van der Waals surface area contributed by atoms with Crippen molar-refractivity contribution in [1.82, 2.24) is 10.6 Å². The number of hydrogen-bond donors (Lipinski definition) is 3. The van der Waals surface area contributed by atoms with E-state index in [1.165, 1.54) is 25.2 Å². The van der Waals surface area contributed by atoms with Crippen molar-refractivity contribution in [2.45, 2.75) is 6.04 Å². The van der Waals surface area contributed by atoms with Crippen LogP contribution in [0.5, 0.6) is 0 Å². The minimum Gasteiger partial charge on any atom is -0.370 e. The van der Waals surface area contributed by atoms with Gasteiger partial charge in [0.1, 0.15) is 6.04 Å². The Hall–Kier alpha value is -3.42.